The number of likely N-dealkylation sites (N-methyl/N-ethyl adjacent to an activating group) is 1. The Bertz CT molecular complexity index is 404. The van der Waals surface area contributed by atoms with Gasteiger partial charge in [0.15, 0.2) is 0 Å². The van der Waals surface area contributed by atoms with E-state index in [1.807, 2.05) is 0 Å². The zero-order valence-corrected chi connectivity index (χ0v) is 11.9. The van der Waals surface area contributed by atoms with Crippen molar-refractivity contribution in [1.82, 2.24) is 10.2 Å². The van der Waals surface area contributed by atoms with Gasteiger partial charge in [-0.25, -0.2) is 0 Å². The Hall–Kier alpha value is -1.06. The van der Waals surface area contributed by atoms with E-state index in [-0.39, 0.29) is 0 Å². The van der Waals surface area contributed by atoms with Gasteiger partial charge in [0.05, 0.1) is 0 Å². The van der Waals surface area contributed by atoms with Crippen LogP contribution in [-0.4, -0.2) is 50.7 Å². The molecule has 0 amide bonds. The summed E-state index contributed by atoms with van der Waals surface area (Å²) < 4.78 is 0. The van der Waals surface area contributed by atoms with Gasteiger partial charge in [0, 0.05) is 37.9 Å². The minimum absolute atomic E-state index is 0.689. The van der Waals surface area contributed by atoms with Crippen LogP contribution in [0.3, 0.4) is 0 Å². The molecule has 3 heteroatoms. The van der Waals surface area contributed by atoms with Gasteiger partial charge in [-0.05, 0) is 44.5 Å². The number of benzene rings is 1. The highest BCUT2D eigenvalue weighted by Crippen LogP contribution is 2.24. The molecule has 1 atom stereocenters. The van der Waals surface area contributed by atoms with Crippen LogP contribution in [0.25, 0.3) is 0 Å². The molecule has 1 aromatic carbocycles. The Morgan fingerprint density at radius 3 is 2.68 bits per heavy atom. The van der Waals surface area contributed by atoms with Crippen LogP contribution in [0.5, 0.6) is 0 Å². The molecule has 0 spiro atoms. The SMILES string of the molecule is CN1CCN(c2ccccc2CC2CCCN2)CC1. The average molecular weight is 259 g/mol. The summed E-state index contributed by atoms with van der Waals surface area (Å²) in [6.07, 6.45) is 3.85. The highest BCUT2D eigenvalue weighted by molar-refractivity contribution is 5.54. The molecular weight excluding hydrogens is 234 g/mol. The third-order valence-electron chi connectivity index (χ3n) is 4.46. The second-order valence-electron chi connectivity index (χ2n) is 5.92. The zero-order valence-electron chi connectivity index (χ0n) is 11.9. The predicted octanol–water partition coefficient (Wildman–Crippen LogP) is 1.73. The van der Waals surface area contributed by atoms with E-state index < -0.39 is 0 Å². The van der Waals surface area contributed by atoms with Crippen LogP contribution in [0.2, 0.25) is 0 Å². The number of piperazine rings is 1. The lowest BCUT2D eigenvalue weighted by atomic mass is 10.0. The van der Waals surface area contributed by atoms with Crippen molar-refractivity contribution in [2.24, 2.45) is 0 Å². The Morgan fingerprint density at radius 1 is 1.16 bits per heavy atom. The highest BCUT2D eigenvalue weighted by atomic mass is 15.2. The van der Waals surface area contributed by atoms with Gasteiger partial charge in [0.1, 0.15) is 0 Å². The van der Waals surface area contributed by atoms with Crippen LogP contribution >= 0.6 is 0 Å². The van der Waals surface area contributed by atoms with E-state index in [0.29, 0.717) is 6.04 Å². The van der Waals surface area contributed by atoms with Gasteiger partial charge in [0.2, 0.25) is 0 Å². The molecule has 2 saturated heterocycles. The van der Waals surface area contributed by atoms with E-state index in [1.165, 1.54) is 50.1 Å². The van der Waals surface area contributed by atoms with E-state index in [0.717, 1.165) is 13.1 Å². The number of nitrogens with zero attached hydrogens (tertiary/aromatic N) is 2. The van der Waals surface area contributed by atoms with Crippen molar-refractivity contribution < 1.29 is 0 Å². The highest BCUT2D eigenvalue weighted by Gasteiger charge is 2.20. The molecule has 1 unspecified atom stereocenters. The summed E-state index contributed by atoms with van der Waals surface area (Å²) >= 11 is 0. The topological polar surface area (TPSA) is 18.5 Å². The van der Waals surface area contributed by atoms with Crippen molar-refractivity contribution in [2.75, 3.05) is 44.7 Å². The molecule has 104 valence electrons. The van der Waals surface area contributed by atoms with Crippen molar-refractivity contribution in [3.63, 3.8) is 0 Å². The maximum absolute atomic E-state index is 3.62. The van der Waals surface area contributed by atoms with Gasteiger partial charge >= 0.3 is 0 Å². The lowest BCUT2D eigenvalue weighted by Gasteiger charge is -2.35. The monoisotopic (exact) mass is 259 g/mol. The molecule has 1 aromatic rings. The molecule has 3 rings (SSSR count). The first kappa shape index (κ1) is 12.9. The van der Waals surface area contributed by atoms with Gasteiger partial charge in [-0.15, -0.1) is 0 Å². The van der Waals surface area contributed by atoms with Crippen molar-refractivity contribution in [3.8, 4) is 0 Å². The summed E-state index contributed by atoms with van der Waals surface area (Å²) in [6, 6.07) is 9.67. The molecule has 2 aliphatic heterocycles. The fourth-order valence-electron chi connectivity index (χ4n) is 3.24. The number of hydrogen-bond donors (Lipinski definition) is 1. The third kappa shape index (κ3) is 3.10. The van der Waals surface area contributed by atoms with Crippen LogP contribution in [0.4, 0.5) is 5.69 Å². The number of hydrogen-bond acceptors (Lipinski definition) is 3. The minimum Gasteiger partial charge on any atom is -0.369 e. The van der Waals surface area contributed by atoms with Crippen molar-refractivity contribution in [3.05, 3.63) is 29.8 Å². The van der Waals surface area contributed by atoms with E-state index >= 15 is 0 Å². The van der Waals surface area contributed by atoms with Crippen molar-refractivity contribution in [2.45, 2.75) is 25.3 Å². The zero-order chi connectivity index (χ0) is 13.1. The van der Waals surface area contributed by atoms with Crippen LogP contribution < -0.4 is 10.2 Å². The average Bonchev–Trinajstić information content (AvgIpc) is 2.93. The Morgan fingerprint density at radius 2 is 1.95 bits per heavy atom. The maximum Gasteiger partial charge on any atom is 0.0400 e. The first-order valence-electron chi connectivity index (χ1n) is 7.58. The largest absolute Gasteiger partial charge is 0.369 e. The van der Waals surface area contributed by atoms with Crippen LogP contribution in [-0.2, 0) is 6.42 Å². The molecule has 2 heterocycles. The number of rotatable bonds is 3. The fraction of sp³-hybridized carbons (Fsp3) is 0.625. The maximum atomic E-state index is 3.62. The Balaban J connectivity index is 1.73. The fourth-order valence-corrected chi connectivity index (χ4v) is 3.24. The summed E-state index contributed by atoms with van der Waals surface area (Å²) in [5.41, 5.74) is 2.98. The molecule has 1 N–H and O–H groups in total. The molecule has 0 saturated carbocycles. The lowest BCUT2D eigenvalue weighted by molar-refractivity contribution is 0.312. The Labute approximate surface area is 116 Å². The summed E-state index contributed by atoms with van der Waals surface area (Å²) in [6.45, 7) is 5.87. The molecule has 19 heavy (non-hydrogen) atoms. The van der Waals surface area contributed by atoms with E-state index in [2.05, 4.69) is 46.4 Å². The van der Waals surface area contributed by atoms with Crippen LogP contribution in [0.15, 0.2) is 24.3 Å². The third-order valence-corrected chi connectivity index (χ3v) is 4.46. The molecular formula is C16H25N3. The van der Waals surface area contributed by atoms with Crippen LogP contribution in [0.1, 0.15) is 18.4 Å². The second-order valence-corrected chi connectivity index (χ2v) is 5.92. The van der Waals surface area contributed by atoms with Gasteiger partial charge in [0.25, 0.3) is 0 Å². The van der Waals surface area contributed by atoms with Gasteiger partial charge in [-0.1, -0.05) is 18.2 Å². The first-order chi connectivity index (χ1) is 9.33. The van der Waals surface area contributed by atoms with Crippen LogP contribution in [0, 0.1) is 0 Å². The van der Waals surface area contributed by atoms with Gasteiger partial charge in [-0.3, -0.25) is 0 Å². The minimum atomic E-state index is 0.689. The molecule has 3 nitrogen and oxygen atoms in total. The van der Waals surface area contributed by atoms with E-state index in [4.69, 9.17) is 0 Å². The predicted molar refractivity (Wildman–Crippen MR) is 80.9 cm³/mol. The quantitative estimate of drug-likeness (QED) is 0.892. The molecule has 2 aliphatic rings. The molecule has 2 fully saturated rings. The first-order valence-corrected chi connectivity index (χ1v) is 7.58. The number of nitrogens with one attached hydrogen (secondary N) is 1. The lowest BCUT2D eigenvalue weighted by Crippen LogP contribution is -2.45. The normalized spacial score (nSPS) is 24.9. The van der Waals surface area contributed by atoms with Crippen molar-refractivity contribution in [1.29, 1.82) is 0 Å². The van der Waals surface area contributed by atoms with E-state index in [1.54, 1.807) is 0 Å². The summed E-state index contributed by atoms with van der Waals surface area (Å²) in [5, 5.41) is 3.62. The smallest absolute Gasteiger partial charge is 0.0400 e. The van der Waals surface area contributed by atoms with Gasteiger partial charge < -0.3 is 15.1 Å². The van der Waals surface area contributed by atoms with Gasteiger partial charge in [-0.2, -0.15) is 0 Å². The number of anilines is 1. The summed E-state index contributed by atoms with van der Waals surface area (Å²) in [4.78, 5) is 4.97. The standard InChI is InChI=1S/C16H25N3/c1-18-9-11-19(12-10-18)16-7-3-2-5-14(16)13-15-6-4-8-17-15/h2-3,5,7,15,17H,4,6,8-13H2,1H3. The molecule has 0 aromatic heterocycles. The number of para-hydroxylation sites is 1. The molecule has 0 aliphatic carbocycles. The summed E-state index contributed by atoms with van der Waals surface area (Å²) in [7, 11) is 2.21. The summed E-state index contributed by atoms with van der Waals surface area (Å²) in [5.74, 6) is 0. The molecule has 0 bridgehead atoms. The second kappa shape index (κ2) is 5.93. The molecule has 0 radical (unpaired) electrons. The van der Waals surface area contributed by atoms with Crippen molar-refractivity contribution >= 4 is 5.69 Å². The Kier molecular flexibility index (Phi) is 4.04. The van der Waals surface area contributed by atoms with E-state index in [9.17, 15) is 0 Å².